The number of hydrogen-bond donors (Lipinski definition) is 2. The highest BCUT2D eigenvalue weighted by atomic mass is 32.2. The number of benzene rings is 1. The molecule has 0 spiro atoms. The van der Waals surface area contributed by atoms with Crippen LogP contribution in [-0.2, 0) is 32.5 Å². The van der Waals surface area contributed by atoms with E-state index in [9.17, 15) is 16.8 Å². The molecule has 2 aromatic heterocycles. The van der Waals surface area contributed by atoms with Crippen molar-refractivity contribution in [3.63, 3.8) is 0 Å². The first kappa shape index (κ1) is 22.8. The average molecular weight is 468 g/mol. The SMILES string of the molecule is Cc1noc(NS(=O)(=O)c2ccc(NS(=O)(=O)c3cn(C)nc3C(C)(C)C)cc2)c1C. The summed E-state index contributed by atoms with van der Waals surface area (Å²) in [5.74, 6) is 0.0357. The van der Waals surface area contributed by atoms with Crippen LogP contribution in [0.25, 0.3) is 0 Å². The summed E-state index contributed by atoms with van der Waals surface area (Å²) in [6.45, 7) is 9.01. The highest BCUT2D eigenvalue weighted by molar-refractivity contribution is 7.93. The number of nitrogens with one attached hydrogen (secondary N) is 2. The molecular weight excluding hydrogens is 442 g/mol. The molecule has 0 amide bonds. The van der Waals surface area contributed by atoms with Crippen molar-refractivity contribution in [3.05, 3.63) is 47.4 Å². The molecule has 1 aromatic carbocycles. The molecule has 12 heteroatoms. The molecule has 3 rings (SSSR count). The fourth-order valence-electron chi connectivity index (χ4n) is 2.79. The topological polar surface area (TPSA) is 136 Å². The van der Waals surface area contributed by atoms with Gasteiger partial charge >= 0.3 is 0 Å². The maximum Gasteiger partial charge on any atom is 0.265 e. The first-order valence-electron chi connectivity index (χ1n) is 9.33. The van der Waals surface area contributed by atoms with Crippen molar-refractivity contribution in [1.29, 1.82) is 0 Å². The number of rotatable bonds is 6. The summed E-state index contributed by atoms with van der Waals surface area (Å²) in [4.78, 5) is 0.0117. The number of nitrogens with zero attached hydrogens (tertiary/aromatic N) is 3. The van der Waals surface area contributed by atoms with Crippen LogP contribution >= 0.6 is 0 Å². The largest absolute Gasteiger partial charge is 0.337 e. The maximum absolute atomic E-state index is 12.9. The highest BCUT2D eigenvalue weighted by Crippen LogP contribution is 2.29. The van der Waals surface area contributed by atoms with Gasteiger partial charge in [0.15, 0.2) is 0 Å². The number of hydrogen-bond acceptors (Lipinski definition) is 7. The van der Waals surface area contributed by atoms with Crippen LogP contribution in [0.1, 0.15) is 37.7 Å². The summed E-state index contributed by atoms with van der Waals surface area (Å²) >= 11 is 0. The molecule has 2 heterocycles. The Kier molecular flexibility index (Phi) is 5.65. The molecule has 10 nitrogen and oxygen atoms in total. The lowest BCUT2D eigenvalue weighted by atomic mass is 9.92. The van der Waals surface area contributed by atoms with Crippen LogP contribution < -0.4 is 9.44 Å². The lowest BCUT2D eigenvalue weighted by Gasteiger charge is -2.17. The van der Waals surface area contributed by atoms with Gasteiger partial charge in [0, 0.05) is 29.9 Å². The van der Waals surface area contributed by atoms with E-state index in [0.717, 1.165) is 0 Å². The third-order valence-electron chi connectivity index (χ3n) is 4.60. The molecule has 3 aromatic rings. The average Bonchev–Trinajstić information content (AvgIpc) is 3.20. The Morgan fingerprint density at radius 2 is 1.58 bits per heavy atom. The van der Waals surface area contributed by atoms with Crippen molar-refractivity contribution >= 4 is 31.6 Å². The van der Waals surface area contributed by atoms with E-state index in [4.69, 9.17) is 4.52 Å². The second kappa shape index (κ2) is 7.68. The summed E-state index contributed by atoms with van der Waals surface area (Å²) in [7, 11) is -6.21. The van der Waals surface area contributed by atoms with Crippen LogP contribution in [0.5, 0.6) is 0 Å². The van der Waals surface area contributed by atoms with Crippen LogP contribution in [0.3, 0.4) is 0 Å². The maximum atomic E-state index is 12.9. The molecule has 0 aliphatic rings. The highest BCUT2D eigenvalue weighted by Gasteiger charge is 2.29. The Bertz CT molecular complexity index is 1310. The molecule has 0 saturated heterocycles. The molecule has 168 valence electrons. The van der Waals surface area contributed by atoms with Crippen molar-refractivity contribution in [2.24, 2.45) is 7.05 Å². The smallest absolute Gasteiger partial charge is 0.265 e. The van der Waals surface area contributed by atoms with E-state index in [1.807, 2.05) is 20.8 Å². The number of aryl methyl sites for hydroxylation is 2. The predicted octanol–water partition coefficient (Wildman–Crippen LogP) is 2.92. The van der Waals surface area contributed by atoms with Gasteiger partial charge in [-0.25, -0.2) is 21.6 Å². The molecule has 0 atom stereocenters. The van der Waals surface area contributed by atoms with Crippen LogP contribution in [0, 0.1) is 13.8 Å². The molecule has 0 bridgehead atoms. The van der Waals surface area contributed by atoms with E-state index in [-0.39, 0.29) is 21.4 Å². The quantitative estimate of drug-likeness (QED) is 0.569. The third-order valence-corrected chi connectivity index (χ3v) is 7.33. The molecule has 2 N–H and O–H groups in total. The standard InChI is InChI=1S/C19H25N5O5S2/c1-12-13(2)21-29-18(12)23-30(25,26)15-9-7-14(8-10-15)22-31(27,28)16-11-24(6)20-17(16)19(3,4)5/h7-11,22-23H,1-6H3. The van der Waals surface area contributed by atoms with Gasteiger partial charge in [0.1, 0.15) is 4.90 Å². The molecule has 0 aliphatic heterocycles. The second-order valence-corrected chi connectivity index (χ2v) is 11.6. The van der Waals surface area contributed by atoms with Gasteiger partial charge in [-0.1, -0.05) is 25.9 Å². The minimum absolute atomic E-state index is 0.0357. The van der Waals surface area contributed by atoms with E-state index >= 15 is 0 Å². The van der Waals surface area contributed by atoms with Crippen molar-refractivity contribution < 1.29 is 21.4 Å². The summed E-state index contributed by atoms with van der Waals surface area (Å²) in [6, 6.07) is 5.34. The monoisotopic (exact) mass is 467 g/mol. The van der Waals surface area contributed by atoms with E-state index in [1.165, 1.54) is 35.1 Å². The Morgan fingerprint density at radius 1 is 0.968 bits per heavy atom. The minimum atomic E-state index is -3.93. The first-order chi connectivity index (χ1) is 14.2. The van der Waals surface area contributed by atoms with Crippen LogP contribution in [0.15, 0.2) is 44.8 Å². The fourth-order valence-corrected chi connectivity index (χ4v) is 5.28. The number of sulfonamides is 2. The van der Waals surface area contributed by atoms with Gasteiger partial charge in [-0.15, -0.1) is 0 Å². The Balaban J connectivity index is 1.85. The molecule has 31 heavy (non-hydrogen) atoms. The van der Waals surface area contributed by atoms with Gasteiger partial charge in [0.25, 0.3) is 20.0 Å². The van der Waals surface area contributed by atoms with E-state index in [2.05, 4.69) is 19.7 Å². The summed E-state index contributed by atoms with van der Waals surface area (Å²) in [6.07, 6.45) is 1.44. The van der Waals surface area contributed by atoms with Gasteiger partial charge < -0.3 is 4.52 Å². The number of anilines is 2. The first-order valence-corrected chi connectivity index (χ1v) is 12.3. The predicted molar refractivity (Wildman–Crippen MR) is 116 cm³/mol. The minimum Gasteiger partial charge on any atom is -0.337 e. The third kappa shape index (κ3) is 4.74. The van der Waals surface area contributed by atoms with Crippen molar-refractivity contribution in [2.75, 3.05) is 9.44 Å². The molecular formula is C19H25N5O5S2. The summed E-state index contributed by atoms with van der Waals surface area (Å²) in [5.41, 5.74) is 1.33. The summed E-state index contributed by atoms with van der Waals surface area (Å²) in [5, 5.41) is 8.00. The second-order valence-electron chi connectivity index (χ2n) is 8.22. The molecule has 0 aliphatic carbocycles. The van der Waals surface area contributed by atoms with Gasteiger partial charge in [-0.3, -0.25) is 9.40 Å². The van der Waals surface area contributed by atoms with Crippen molar-refractivity contribution in [3.8, 4) is 0 Å². The molecule has 0 saturated carbocycles. The van der Waals surface area contributed by atoms with E-state index in [0.29, 0.717) is 17.0 Å². The molecule has 0 fully saturated rings. The number of aromatic nitrogens is 3. The van der Waals surface area contributed by atoms with Crippen molar-refractivity contribution in [2.45, 2.75) is 49.8 Å². The molecule has 0 unspecified atom stereocenters. The Morgan fingerprint density at radius 3 is 2.10 bits per heavy atom. The zero-order chi connectivity index (χ0) is 23.2. The van der Waals surface area contributed by atoms with Gasteiger partial charge in [-0.2, -0.15) is 5.10 Å². The van der Waals surface area contributed by atoms with Gasteiger partial charge in [-0.05, 0) is 38.1 Å². The lowest BCUT2D eigenvalue weighted by molar-refractivity contribution is 0.430. The molecule has 0 radical (unpaired) electrons. The summed E-state index contributed by atoms with van der Waals surface area (Å²) < 4.78 is 62.3. The van der Waals surface area contributed by atoms with Crippen LogP contribution in [0.2, 0.25) is 0 Å². The van der Waals surface area contributed by atoms with Crippen molar-refractivity contribution in [1.82, 2.24) is 14.9 Å². The Hall–Kier alpha value is -2.86. The van der Waals surface area contributed by atoms with E-state index < -0.39 is 25.5 Å². The van der Waals surface area contributed by atoms with Gasteiger partial charge in [0.05, 0.1) is 16.3 Å². The normalized spacial score (nSPS) is 12.7. The van der Waals surface area contributed by atoms with E-state index in [1.54, 1.807) is 20.9 Å². The zero-order valence-corrected chi connectivity index (χ0v) is 19.7. The zero-order valence-electron chi connectivity index (χ0n) is 18.1. The Labute approximate surface area is 181 Å². The fraction of sp³-hybridized carbons (Fsp3) is 0.368. The van der Waals surface area contributed by atoms with Crippen LogP contribution in [-0.4, -0.2) is 31.8 Å². The van der Waals surface area contributed by atoms with Gasteiger partial charge in [0.2, 0.25) is 5.88 Å². The lowest BCUT2D eigenvalue weighted by Crippen LogP contribution is -2.20. The van der Waals surface area contributed by atoms with Crippen LogP contribution in [0.4, 0.5) is 11.6 Å².